The first-order valence-electron chi connectivity index (χ1n) is 35.9. The number of carbonyl (C=O) groups excluding carboxylic acids is 3. The van der Waals surface area contributed by atoms with Crippen LogP contribution in [0, 0.1) is 13.8 Å². The minimum atomic E-state index is -5.29. The van der Waals surface area contributed by atoms with Crippen molar-refractivity contribution in [1.82, 2.24) is 0 Å². The van der Waals surface area contributed by atoms with E-state index in [1.807, 2.05) is 0 Å². The molecule has 0 radical (unpaired) electrons. The van der Waals surface area contributed by atoms with E-state index in [0.29, 0.717) is 68.5 Å². The van der Waals surface area contributed by atoms with Crippen molar-refractivity contribution < 1.29 is 262 Å². The number of ether oxygens (including phenoxy) is 2. The molecule has 644 valence electrons. The van der Waals surface area contributed by atoms with Crippen molar-refractivity contribution in [2.75, 3.05) is 41.0 Å². The molecule has 132 heavy (non-hydrogen) atoms. The SMILES string of the molecule is COc1cc(N=Nc2cc(S(=O)(=O)O)cc3cc(S(=O)(=O)O)cc([O-])c23)c(C)cc1N/N=C1\C(=O)c2ccc(Nc3ccc(NC(=O)c4ccccc4)cc3)cc2C=C1S(=O)(=O)O.COc1cc(N=Nc2cc(S(=O)(=O)[O-])cc3cc(S(=O)(=O)[O-])cc([O-])c23)c(C)cc1N/N=C1\C(=O)c2ccc(Nc3ccc(N=C([O-])c4ccccc4)cc3)cc2C=C1S(=O)(=O)[O-].[Li+].[Li+].[Li+].[Na+].[Na+].[Na+]. The number of carbonyl (C=O) groups is 3. The van der Waals surface area contributed by atoms with Crippen LogP contribution in [-0.2, 0) is 60.7 Å². The van der Waals surface area contributed by atoms with Gasteiger partial charge in [-0.15, -0.1) is 10.2 Å². The quantitative estimate of drug-likeness (QED) is 0.00698. The maximum atomic E-state index is 13.7. The first-order valence-corrected chi connectivity index (χ1v) is 44.4. The van der Waals surface area contributed by atoms with Gasteiger partial charge in [-0.2, -0.15) is 45.7 Å². The van der Waals surface area contributed by atoms with E-state index in [4.69, 9.17) is 9.47 Å². The normalized spacial score (nSPS) is 13.3. The number of allylic oxidation sites excluding steroid dienone is 2. The van der Waals surface area contributed by atoms with Crippen LogP contribution in [0.4, 0.5) is 68.2 Å². The van der Waals surface area contributed by atoms with Crippen LogP contribution in [0.5, 0.6) is 23.0 Å². The molecule has 2 aliphatic rings. The molecule has 1 amide bonds. The van der Waals surface area contributed by atoms with Crippen LogP contribution in [0.2, 0.25) is 0 Å². The smallest absolute Gasteiger partial charge is 0.872 e. The number of amides is 1. The third kappa shape index (κ3) is 26.0. The van der Waals surface area contributed by atoms with E-state index in [0.717, 1.165) is 48.6 Å². The molecule has 0 aliphatic heterocycles. The Bertz CT molecular complexity index is 7580. The van der Waals surface area contributed by atoms with Gasteiger partial charge in [-0.25, -0.2) is 25.3 Å². The molecule has 12 aromatic carbocycles. The molecule has 0 unspecified atom stereocenters. The third-order valence-corrected chi connectivity index (χ3v) is 23.7. The number of nitrogens with zero attached hydrogens (tertiary/aromatic N) is 7. The predicted molar refractivity (Wildman–Crippen MR) is 454 cm³/mol. The van der Waals surface area contributed by atoms with Gasteiger partial charge < -0.3 is 54.4 Å². The number of rotatable bonds is 24. The zero-order valence-corrected chi connectivity index (χ0v) is 81.6. The van der Waals surface area contributed by atoms with E-state index in [2.05, 4.69) is 62.5 Å². The number of benzene rings is 12. The van der Waals surface area contributed by atoms with E-state index < -0.39 is 136 Å². The van der Waals surface area contributed by atoms with Crippen LogP contribution >= 0.6 is 0 Å². The Balaban J connectivity index is 0.000000345. The van der Waals surface area contributed by atoms with Crippen LogP contribution in [-0.4, -0.2) is 127 Å². The summed E-state index contributed by atoms with van der Waals surface area (Å²) in [4.78, 5) is 38.9. The largest absolute Gasteiger partial charge is 1.00 e. The van der Waals surface area contributed by atoms with Gasteiger partial charge in [0.05, 0.1) is 78.5 Å². The molecule has 0 fully saturated rings. The summed E-state index contributed by atoms with van der Waals surface area (Å²) in [5.41, 5.74) is 8.07. The van der Waals surface area contributed by atoms with Gasteiger partial charge in [-0.3, -0.25) is 43.9 Å². The zero-order chi connectivity index (χ0) is 90.9. The van der Waals surface area contributed by atoms with E-state index in [1.54, 1.807) is 128 Å². The Hall–Kier alpha value is -9.89. The number of fused-ring (bicyclic) bond motifs is 4. The Kier molecular flexibility index (Phi) is 36.8. The molecule has 0 atom stereocenters. The van der Waals surface area contributed by atoms with E-state index in [1.165, 1.54) is 69.7 Å². The molecule has 14 rings (SSSR count). The van der Waals surface area contributed by atoms with Gasteiger partial charge >= 0.3 is 145 Å². The fraction of sp³-hybridized carbons (Fsp3) is 0.0488. The number of ketones is 2. The Morgan fingerprint density at radius 1 is 0.402 bits per heavy atom. The third-order valence-electron chi connectivity index (χ3n) is 18.7. The van der Waals surface area contributed by atoms with Gasteiger partial charge in [0, 0.05) is 68.0 Å². The number of methoxy groups -OCH3 is 2. The number of aryl methyl sites for hydroxylation is 2. The van der Waals surface area contributed by atoms with Crippen molar-refractivity contribution in [3.63, 3.8) is 0 Å². The zero-order valence-electron chi connectivity index (χ0n) is 70.8. The summed E-state index contributed by atoms with van der Waals surface area (Å²) in [6.07, 6.45) is 2.10. The number of azo groups is 2. The minimum absolute atomic E-state index is 0. The maximum absolute atomic E-state index is 13.7. The average Bonchev–Trinajstić information content (AvgIpc) is 0.759. The standard InChI is InChI=1S/2C41H32N6O13S3.3Li.3Na/c2*1-22-14-33(36(60-2)21-32(22)44-46-34-19-29(61(51,52)53)16-25-17-30(62(54,55)56)20-35(48)38(25)34)45-47-39-37(63(57,58)59)18-24-15-28(12-13-31(24)40(39)49)42-26-8-10-27(11-9-26)43-41(50)23-6-4-3-5-7-23;;;;;;/h2*3-21,42,45,48H,1-2H3,(H,43,50)(H,51,52,53)(H,54,55,56)(H,57,58,59);;;;;;/q;;6*+1/p-6/b2*46-44?,47-39-;;;;;;. The molecule has 0 bridgehead atoms. The van der Waals surface area contributed by atoms with Crippen LogP contribution < -0.4 is 197 Å². The summed E-state index contributed by atoms with van der Waals surface area (Å²) in [5, 5.41) is 70.2. The summed E-state index contributed by atoms with van der Waals surface area (Å²) in [5.74, 6) is -4.45. The molecule has 0 saturated heterocycles. The number of hydrogen-bond donors (Lipinski definition) is 8. The number of anilines is 7. The molecule has 0 saturated carbocycles. The second-order valence-corrected chi connectivity index (χ2v) is 35.5. The van der Waals surface area contributed by atoms with Crippen LogP contribution in [0.3, 0.4) is 0 Å². The van der Waals surface area contributed by atoms with Gasteiger partial charge in [0.1, 0.15) is 52.5 Å². The van der Waals surface area contributed by atoms with Crippen molar-refractivity contribution >= 4 is 197 Å². The fourth-order valence-corrected chi connectivity index (χ4v) is 16.1. The fourth-order valence-electron chi connectivity index (χ4n) is 12.7. The van der Waals surface area contributed by atoms with Crippen molar-refractivity contribution in [1.29, 1.82) is 0 Å². The first-order chi connectivity index (χ1) is 59.4. The monoisotopic (exact) mass is 1910 g/mol. The summed E-state index contributed by atoms with van der Waals surface area (Å²) in [7, 11) is -27.9. The van der Waals surface area contributed by atoms with Crippen LogP contribution in [0.25, 0.3) is 33.7 Å². The molecule has 0 aromatic heterocycles. The van der Waals surface area contributed by atoms with E-state index >= 15 is 0 Å². The predicted octanol–water partition coefficient (Wildman–Crippen LogP) is -5.76. The number of Topliss-reactive ketones (excluding diaryl/α,β-unsaturated/α-hetero) is 2. The molecule has 2 aliphatic carbocycles. The summed E-state index contributed by atoms with van der Waals surface area (Å²) in [6.45, 7) is 3.07. The van der Waals surface area contributed by atoms with Crippen LogP contribution in [0.1, 0.15) is 58.9 Å². The summed E-state index contributed by atoms with van der Waals surface area (Å²) >= 11 is 0. The summed E-state index contributed by atoms with van der Waals surface area (Å²) < 4.78 is 221. The molecule has 0 heterocycles. The second kappa shape index (κ2) is 44.5. The van der Waals surface area contributed by atoms with Crippen molar-refractivity contribution in [3.8, 4) is 23.0 Å². The van der Waals surface area contributed by atoms with Gasteiger partial charge in [0.25, 0.3) is 36.3 Å². The number of hydrogen-bond acceptors (Lipinski definition) is 34. The molecule has 12 aromatic rings. The molecular weight excluding hydrogens is 1850 g/mol. The maximum Gasteiger partial charge on any atom is 1.00 e. The summed E-state index contributed by atoms with van der Waals surface area (Å²) in [6, 6.07) is 50.7. The molecule has 0 spiro atoms. The average molecular weight is 1910 g/mol. The van der Waals surface area contributed by atoms with Crippen molar-refractivity contribution in [2.45, 2.75) is 33.4 Å². The van der Waals surface area contributed by atoms with E-state index in [9.17, 15) is 108 Å². The van der Waals surface area contributed by atoms with Crippen LogP contribution in [0.15, 0.2) is 283 Å². The Morgan fingerprint density at radius 3 is 1.18 bits per heavy atom. The van der Waals surface area contributed by atoms with E-state index in [-0.39, 0.29) is 235 Å². The molecule has 8 N–H and O–H groups in total. The number of hydrazone groups is 2. The van der Waals surface area contributed by atoms with Gasteiger partial charge in [0.15, 0.2) is 5.71 Å². The second-order valence-electron chi connectivity index (χ2n) is 27.2. The van der Waals surface area contributed by atoms with Gasteiger partial charge in [-0.1, -0.05) is 66.1 Å². The Labute approximate surface area is 855 Å². The topological polar surface area (TPSA) is 620 Å². The van der Waals surface area contributed by atoms with Gasteiger partial charge in [-0.05, 0) is 222 Å². The number of aliphatic imine (C=N–C) groups is 1. The molecular formula is C82H58Li3N12Na3O26S6. The minimum Gasteiger partial charge on any atom is -0.872 e. The first kappa shape index (κ1) is 109. The molecule has 38 nitrogen and oxygen atoms in total. The Morgan fingerprint density at radius 2 is 0.765 bits per heavy atom. The van der Waals surface area contributed by atoms with Crippen molar-refractivity contribution in [2.24, 2.45) is 35.7 Å². The van der Waals surface area contributed by atoms with Gasteiger partial charge in [0.2, 0.25) is 11.6 Å². The van der Waals surface area contributed by atoms with Crippen molar-refractivity contribution in [3.05, 3.63) is 273 Å². The molecule has 50 heteroatoms. The number of nitrogens with one attached hydrogen (secondary N) is 5.